The number of carbonyl (C=O) groups is 1. The second kappa shape index (κ2) is 5.92. The van der Waals surface area contributed by atoms with Crippen molar-refractivity contribution in [3.63, 3.8) is 0 Å². The van der Waals surface area contributed by atoms with E-state index in [0.717, 1.165) is 6.61 Å². The van der Waals surface area contributed by atoms with E-state index in [1.54, 1.807) is 12.1 Å². The summed E-state index contributed by atoms with van der Waals surface area (Å²) >= 11 is 0. The molecule has 88 valence electrons. The minimum Gasteiger partial charge on any atom is -0.491 e. The fourth-order valence-corrected chi connectivity index (χ4v) is 0.884. The number of carboxylic acid groups (broad SMARTS) is 2. The van der Waals surface area contributed by atoms with Crippen molar-refractivity contribution in [3.05, 3.63) is 30.1 Å². The third-order valence-electron chi connectivity index (χ3n) is 1.65. The zero-order valence-corrected chi connectivity index (χ0v) is 8.30. The van der Waals surface area contributed by atoms with Crippen LogP contribution in [-0.4, -0.2) is 35.7 Å². The van der Waals surface area contributed by atoms with E-state index in [0.29, 0.717) is 12.4 Å². The van der Waals surface area contributed by atoms with E-state index in [2.05, 4.69) is 0 Å². The predicted molar refractivity (Wildman–Crippen MR) is 52.3 cm³/mol. The molecule has 1 aromatic carbocycles. The SMILES string of the molecule is Fc1ccc(OCC2CO2)cc1.O=C(O)O. The Morgan fingerprint density at radius 2 is 1.94 bits per heavy atom. The van der Waals surface area contributed by atoms with Gasteiger partial charge < -0.3 is 19.7 Å². The normalized spacial score (nSPS) is 16.9. The van der Waals surface area contributed by atoms with Crippen LogP contribution in [0, 0.1) is 5.82 Å². The lowest BCUT2D eigenvalue weighted by molar-refractivity contribution is 0.137. The second-order valence-corrected chi connectivity index (χ2v) is 3.00. The fourth-order valence-electron chi connectivity index (χ4n) is 0.884. The van der Waals surface area contributed by atoms with Gasteiger partial charge in [-0.25, -0.2) is 9.18 Å². The van der Waals surface area contributed by atoms with Crippen LogP contribution in [0.2, 0.25) is 0 Å². The molecule has 1 aliphatic heterocycles. The van der Waals surface area contributed by atoms with E-state index in [-0.39, 0.29) is 11.9 Å². The Labute approximate surface area is 91.0 Å². The van der Waals surface area contributed by atoms with Crippen LogP contribution in [0.15, 0.2) is 24.3 Å². The Morgan fingerprint density at radius 1 is 1.44 bits per heavy atom. The van der Waals surface area contributed by atoms with Gasteiger partial charge in [0.15, 0.2) is 0 Å². The molecule has 0 radical (unpaired) electrons. The Balaban J connectivity index is 0.000000280. The van der Waals surface area contributed by atoms with Crippen LogP contribution in [0.25, 0.3) is 0 Å². The third-order valence-corrected chi connectivity index (χ3v) is 1.65. The first-order chi connectivity index (χ1) is 7.58. The molecule has 0 spiro atoms. The van der Waals surface area contributed by atoms with Crippen LogP contribution in [0.3, 0.4) is 0 Å². The lowest BCUT2D eigenvalue weighted by Gasteiger charge is -2.02. The largest absolute Gasteiger partial charge is 0.503 e. The van der Waals surface area contributed by atoms with E-state index >= 15 is 0 Å². The fraction of sp³-hybridized carbons (Fsp3) is 0.300. The van der Waals surface area contributed by atoms with Crippen molar-refractivity contribution >= 4 is 6.16 Å². The first-order valence-electron chi connectivity index (χ1n) is 4.50. The van der Waals surface area contributed by atoms with Gasteiger partial charge in [-0.3, -0.25) is 0 Å². The highest BCUT2D eigenvalue weighted by Gasteiger charge is 2.22. The van der Waals surface area contributed by atoms with Crippen molar-refractivity contribution in [2.45, 2.75) is 6.10 Å². The van der Waals surface area contributed by atoms with Crippen LogP contribution < -0.4 is 4.74 Å². The highest BCUT2D eigenvalue weighted by Crippen LogP contribution is 2.14. The molecule has 2 rings (SSSR count). The van der Waals surface area contributed by atoms with Crippen LogP contribution in [-0.2, 0) is 4.74 Å². The standard InChI is InChI=1S/C9H9FO2.CH2O3/c10-7-1-3-8(4-2-7)11-5-9-6-12-9;2-1(3)4/h1-4,9H,5-6H2;(H2,2,3,4). The van der Waals surface area contributed by atoms with E-state index in [4.69, 9.17) is 24.5 Å². The Hall–Kier alpha value is -1.82. The molecule has 1 fully saturated rings. The van der Waals surface area contributed by atoms with E-state index < -0.39 is 6.16 Å². The van der Waals surface area contributed by atoms with Gasteiger partial charge in [0.2, 0.25) is 0 Å². The van der Waals surface area contributed by atoms with Crippen LogP contribution >= 0.6 is 0 Å². The highest BCUT2D eigenvalue weighted by atomic mass is 19.1. The smallest absolute Gasteiger partial charge is 0.491 e. The summed E-state index contributed by atoms with van der Waals surface area (Å²) in [6.45, 7) is 1.34. The maximum Gasteiger partial charge on any atom is 0.503 e. The maximum atomic E-state index is 12.4. The van der Waals surface area contributed by atoms with Crippen molar-refractivity contribution in [1.82, 2.24) is 0 Å². The Kier molecular flexibility index (Phi) is 4.53. The summed E-state index contributed by atoms with van der Waals surface area (Å²) in [4.78, 5) is 8.56. The number of rotatable bonds is 3. The quantitative estimate of drug-likeness (QED) is 0.774. The van der Waals surface area contributed by atoms with Gasteiger partial charge in [0.05, 0.1) is 6.61 Å². The minimum atomic E-state index is -1.83. The molecule has 2 N–H and O–H groups in total. The maximum absolute atomic E-state index is 12.4. The minimum absolute atomic E-state index is 0.245. The molecule has 0 saturated carbocycles. The first kappa shape index (κ1) is 12.3. The van der Waals surface area contributed by atoms with Gasteiger partial charge >= 0.3 is 6.16 Å². The monoisotopic (exact) mass is 230 g/mol. The van der Waals surface area contributed by atoms with E-state index in [9.17, 15) is 4.39 Å². The summed E-state index contributed by atoms with van der Waals surface area (Å²) in [7, 11) is 0. The predicted octanol–water partition coefficient (Wildman–Crippen LogP) is 1.83. The molecule has 1 saturated heterocycles. The molecule has 1 heterocycles. The van der Waals surface area contributed by atoms with Crippen LogP contribution in [0.1, 0.15) is 0 Å². The highest BCUT2D eigenvalue weighted by molar-refractivity contribution is 5.53. The zero-order valence-electron chi connectivity index (χ0n) is 8.30. The molecule has 6 heteroatoms. The van der Waals surface area contributed by atoms with E-state index in [1.165, 1.54) is 12.1 Å². The average molecular weight is 230 g/mol. The first-order valence-corrected chi connectivity index (χ1v) is 4.50. The third kappa shape index (κ3) is 5.82. The molecular weight excluding hydrogens is 219 g/mol. The van der Waals surface area contributed by atoms with Gasteiger partial charge in [0, 0.05) is 0 Å². The summed E-state index contributed by atoms with van der Waals surface area (Å²) in [5.74, 6) is 0.442. The van der Waals surface area contributed by atoms with Gasteiger partial charge in [-0.1, -0.05) is 0 Å². The number of ether oxygens (including phenoxy) is 2. The summed E-state index contributed by atoms with van der Waals surface area (Å²) in [5, 5.41) is 13.9. The second-order valence-electron chi connectivity index (χ2n) is 3.00. The number of epoxide rings is 1. The van der Waals surface area contributed by atoms with Crippen molar-refractivity contribution in [3.8, 4) is 5.75 Å². The summed E-state index contributed by atoms with van der Waals surface area (Å²) in [5.41, 5.74) is 0. The molecule has 5 nitrogen and oxygen atoms in total. The van der Waals surface area contributed by atoms with Crippen molar-refractivity contribution in [2.24, 2.45) is 0 Å². The summed E-state index contributed by atoms with van der Waals surface area (Å²) in [6.07, 6.45) is -1.59. The van der Waals surface area contributed by atoms with Gasteiger partial charge in [0.1, 0.15) is 24.3 Å². The topological polar surface area (TPSA) is 79.3 Å². The lowest BCUT2D eigenvalue weighted by Crippen LogP contribution is -2.03. The van der Waals surface area contributed by atoms with Crippen molar-refractivity contribution in [1.29, 1.82) is 0 Å². The Bertz CT molecular complexity index is 330. The zero-order chi connectivity index (χ0) is 12.0. The molecule has 16 heavy (non-hydrogen) atoms. The van der Waals surface area contributed by atoms with Gasteiger partial charge in [0.25, 0.3) is 0 Å². The molecule has 0 aliphatic carbocycles. The molecule has 1 aromatic rings. The van der Waals surface area contributed by atoms with Crippen molar-refractivity contribution < 1.29 is 28.9 Å². The van der Waals surface area contributed by atoms with Crippen LogP contribution in [0.5, 0.6) is 5.75 Å². The summed E-state index contributed by atoms with van der Waals surface area (Å²) < 4.78 is 22.7. The molecule has 1 aliphatic rings. The molecule has 1 unspecified atom stereocenters. The average Bonchev–Trinajstić information content (AvgIpc) is 3.00. The number of hydrogen-bond acceptors (Lipinski definition) is 3. The van der Waals surface area contributed by atoms with E-state index in [1.807, 2.05) is 0 Å². The van der Waals surface area contributed by atoms with Gasteiger partial charge in [-0.15, -0.1) is 0 Å². The lowest BCUT2D eigenvalue weighted by atomic mass is 10.3. The molecule has 1 atom stereocenters. The van der Waals surface area contributed by atoms with Crippen LogP contribution in [0.4, 0.5) is 9.18 Å². The molecule has 0 aromatic heterocycles. The van der Waals surface area contributed by atoms with Crippen molar-refractivity contribution in [2.75, 3.05) is 13.2 Å². The number of hydrogen-bond donors (Lipinski definition) is 2. The molecule has 0 amide bonds. The number of benzene rings is 1. The number of halogens is 1. The van der Waals surface area contributed by atoms with Gasteiger partial charge in [-0.2, -0.15) is 0 Å². The molecule has 0 bridgehead atoms. The Morgan fingerprint density at radius 3 is 2.38 bits per heavy atom. The molecular formula is C10H11FO5. The summed E-state index contributed by atoms with van der Waals surface area (Å²) in [6, 6.07) is 5.97. The van der Waals surface area contributed by atoms with Gasteiger partial charge in [-0.05, 0) is 24.3 Å².